The standard InChI is InChI=1S/C13H20ClN3O/c1-3-6-10-7-4-5-8-17(10)13-11(18-2)12(14)15-9-16-13/h9-10H,3-8H2,1-2H3. The summed E-state index contributed by atoms with van der Waals surface area (Å²) in [5.41, 5.74) is 0. The minimum Gasteiger partial charge on any atom is -0.490 e. The molecule has 1 unspecified atom stereocenters. The SMILES string of the molecule is CCCC1CCCCN1c1ncnc(Cl)c1OC. The van der Waals surface area contributed by atoms with E-state index in [4.69, 9.17) is 16.3 Å². The molecule has 1 aliphatic rings. The highest BCUT2D eigenvalue weighted by atomic mass is 35.5. The lowest BCUT2D eigenvalue weighted by Gasteiger charge is -2.37. The fourth-order valence-electron chi connectivity index (χ4n) is 2.64. The van der Waals surface area contributed by atoms with Crippen molar-refractivity contribution in [3.63, 3.8) is 0 Å². The second kappa shape index (κ2) is 6.23. The molecule has 1 saturated heterocycles. The van der Waals surface area contributed by atoms with Crippen LogP contribution in [-0.4, -0.2) is 29.7 Å². The molecule has 2 rings (SSSR count). The molecule has 1 aliphatic heterocycles. The number of halogens is 1. The van der Waals surface area contributed by atoms with E-state index in [9.17, 15) is 0 Å². The highest BCUT2D eigenvalue weighted by molar-refractivity contribution is 6.31. The van der Waals surface area contributed by atoms with Gasteiger partial charge in [0.25, 0.3) is 0 Å². The molecule has 2 heterocycles. The summed E-state index contributed by atoms with van der Waals surface area (Å²) in [7, 11) is 1.62. The van der Waals surface area contributed by atoms with E-state index in [2.05, 4.69) is 21.8 Å². The summed E-state index contributed by atoms with van der Waals surface area (Å²) < 4.78 is 5.36. The number of hydrogen-bond acceptors (Lipinski definition) is 4. The van der Waals surface area contributed by atoms with Crippen LogP contribution < -0.4 is 9.64 Å². The van der Waals surface area contributed by atoms with Crippen molar-refractivity contribution in [2.45, 2.75) is 45.1 Å². The van der Waals surface area contributed by atoms with Crippen LogP contribution in [0.4, 0.5) is 5.82 Å². The van der Waals surface area contributed by atoms with Crippen molar-refractivity contribution >= 4 is 17.4 Å². The maximum Gasteiger partial charge on any atom is 0.199 e. The van der Waals surface area contributed by atoms with Crippen LogP contribution in [0.3, 0.4) is 0 Å². The van der Waals surface area contributed by atoms with E-state index in [1.54, 1.807) is 7.11 Å². The molecule has 100 valence electrons. The predicted molar refractivity (Wildman–Crippen MR) is 73.5 cm³/mol. The van der Waals surface area contributed by atoms with Crippen molar-refractivity contribution in [3.8, 4) is 5.75 Å². The molecule has 0 amide bonds. The number of piperidine rings is 1. The number of nitrogens with zero attached hydrogens (tertiary/aromatic N) is 3. The summed E-state index contributed by atoms with van der Waals surface area (Å²) in [4.78, 5) is 10.7. The Bertz CT molecular complexity index is 398. The monoisotopic (exact) mass is 269 g/mol. The van der Waals surface area contributed by atoms with Gasteiger partial charge in [-0.1, -0.05) is 24.9 Å². The number of aromatic nitrogens is 2. The van der Waals surface area contributed by atoms with Crippen molar-refractivity contribution in [2.75, 3.05) is 18.6 Å². The molecule has 1 fully saturated rings. The molecule has 0 spiro atoms. The Kier molecular flexibility index (Phi) is 4.64. The number of ether oxygens (including phenoxy) is 1. The van der Waals surface area contributed by atoms with E-state index in [0.29, 0.717) is 16.9 Å². The summed E-state index contributed by atoms with van der Waals surface area (Å²) in [6, 6.07) is 0.545. The number of anilines is 1. The quantitative estimate of drug-likeness (QED) is 0.786. The first-order chi connectivity index (χ1) is 8.77. The Morgan fingerprint density at radius 1 is 1.44 bits per heavy atom. The van der Waals surface area contributed by atoms with E-state index in [1.807, 2.05) is 0 Å². The minimum atomic E-state index is 0.392. The summed E-state index contributed by atoms with van der Waals surface area (Å²) in [6.45, 7) is 3.24. The highest BCUT2D eigenvalue weighted by Crippen LogP contribution is 2.35. The zero-order chi connectivity index (χ0) is 13.0. The van der Waals surface area contributed by atoms with Gasteiger partial charge in [0.2, 0.25) is 0 Å². The smallest absolute Gasteiger partial charge is 0.199 e. The molecule has 1 aromatic heterocycles. The molecule has 1 atom stereocenters. The molecule has 0 N–H and O–H groups in total. The van der Waals surface area contributed by atoms with Gasteiger partial charge in [0.15, 0.2) is 16.7 Å². The number of methoxy groups -OCH3 is 1. The summed E-state index contributed by atoms with van der Waals surface area (Å²) in [6.07, 6.45) is 7.59. The van der Waals surface area contributed by atoms with Crippen LogP contribution in [0.1, 0.15) is 39.0 Å². The fraction of sp³-hybridized carbons (Fsp3) is 0.692. The van der Waals surface area contributed by atoms with E-state index >= 15 is 0 Å². The van der Waals surface area contributed by atoms with Crippen molar-refractivity contribution in [1.29, 1.82) is 0 Å². The first kappa shape index (κ1) is 13.4. The second-order valence-electron chi connectivity index (χ2n) is 4.65. The van der Waals surface area contributed by atoms with Crippen LogP contribution >= 0.6 is 11.6 Å². The molecule has 0 saturated carbocycles. The minimum absolute atomic E-state index is 0.392. The predicted octanol–water partition coefficient (Wildman–Crippen LogP) is 3.30. The van der Waals surface area contributed by atoms with E-state index in [1.165, 1.54) is 38.4 Å². The lowest BCUT2D eigenvalue weighted by molar-refractivity contribution is 0.393. The zero-order valence-electron chi connectivity index (χ0n) is 11.0. The molecular formula is C13H20ClN3O. The largest absolute Gasteiger partial charge is 0.490 e. The van der Waals surface area contributed by atoms with E-state index < -0.39 is 0 Å². The van der Waals surface area contributed by atoms with E-state index in [0.717, 1.165) is 12.4 Å². The van der Waals surface area contributed by atoms with Crippen LogP contribution in [0.2, 0.25) is 5.15 Å². The normalized spacial score (nSPS) is 19.9. The third-order valence-corrected chi connectivity index (χ3v) is 3.74. The Morgan fingerprint density at radius 3 is 3.00 bits per heavy atom. The topological polar surface area (TPSA) is 38.2 Å². The molecular weight excluding hydrogens is 250 g/mol. The van der Waals surface area contributed by atoms with Gasteiger partial charge in [0.1, 0.15) is 6.33 Å². The highest BCUT2D eigenvalue weighted by Gasteiger charge is 2.26. The molecule has 0 aromatic carbocycles. The van der Waals surface area contributed by atoms with Crippen LogP contribution in [0.5, 0.6) is 5.75 Å². The Morgan fingerprint density at radius 2 is 2.28 bits per heavy atom. The van der Waals surface area contributed by atoms with Gasteiger partial charge in [-0.3, -0.25) is 0 Å². The van der Waals surface area contributed by atoms with E-state index in [-0.39, 0.29) is 0 Å². The molecule has 1 aromatic rings. The van der Waals surface area contributed by atoms with Gasteiger partial charge in [-0.25, -0.2) is 9.97 Å². The Hall–Kier alpha value is -1.03. The average Bonchev–Trinajstić information content (AvgIpc) is 2.39. The van der Waals surface area contributed by atoms with Gasteiger partial charge in [0.05, 0.1) is 7.11 Å². The Labute approximate surface area is 113 Å². The van der Waals surface area contributed by atoms with Crippen molar-refractivity contribution in [3.05, 3.63) is 11.5 Å². The third kappa shape index (κ3) is 2.69. The van der Waals surface area contributed by atoms with Crippen LogP contribution in [0.15, 0.2) is 6.33 Å². The lowest BCUT2D eigenvalue weighted by atomic mass is 9.98. The van der Waals surface area contributed by atoms with Gasteiger partial charge in [0, 0.05) is 12.6 Å². The molecule has 5 heteroatoms. The molecule has 0 aliphatic carbocycles. The number of rotatable bonds is 4. The van der Waals surface area contributed by atoms with Crippen molar-refractivity contribution < 1.29 is 4.74 Å². The summed E-state index contributed by atoms with van der Waals surface area (Å²) in [5.74, 6) is 1.44. The first-order valence-electron chi connectivity index (χ1n) is 6.59. The zero-order valence-corrected chi connectivity index (χ0v) is 11.8. The van der Waals surface area contributed by atoms with Crippen LogP contribution in [0, 0.1) is 0 Å². The van der Waals surface area contributed by atoms with Crippen LogP contribution in [-0.2, 0) is 0 Å². The molecule has 4 nitrogen and oxygen atoms in total. The van der Waals surface area contributed by atoms with Gasteiger partial charge in [-0.05, 0) is 25.7 Å². The van der Waals surface area contributed by atoms with Gasteiger partial charge in [-0.15, -0.1) is 0 Å². The first-order valence-corrected chi connectivity index (χ1v) is 6.96. The second-order valence-corrected chi connectivity index (χ2v) is 5.01. The van der Waals surface area contributed by atoms with Crippen LogP contribution in [0.25, 0.3) is 0 Å². The lowest BCUT2D eigenvalue weighted by Crippen LogP contribution is -2.40. The Balaban J connectivity index is 2.30. The maximum absolute atomic E-state index is 6.07. The molecule has 18 heavy (non-hydrogen) atoms. The third-order valence-electron chi connectivity index (χ3n) is 3.47. The molecule has 0 bridgehead atoms. The summed E-state index contributed by atoms with van der Waals surface area (Å²) >= 11 is 6.07. The average molecular weight is 270 g/mol. The number of hydrogen-bond donors (Lipinski definition) is 0. The summed E-state index contributed by atoms with van der Waals surface area (Å²) in [5, 5.41) is 0.392. The maximum atomic E-state index is 6.07. The van der Waals surface area contributed by atoms with Crippen molar-refractivity contribution in [1.82, 2.24) is 9.97 Å². The van der Waals surface area contributed by atoms with Gasteiger partial charge >= 0.3 is 0 Å². The fourth-order valence-corrected chi connectivity index (χ4v) is 2.84. The van der Waals surface area contributed by atoms with Crippen molar-refractivity contribution in [2.24, 2.45) is 0 Å². The van der Waals surface area contributed by atoms with Gasteiger partial charge in [-0.2, -0.15) is 0 Å². The van der Waals surface area contributed by atoms with Gasteiger partial charge < -0.3 is 9.64 Å². The molecule has 0 radical (unpaired) electrons.